The van der Waals surface area contributed by atoms with Crippen molar-refractivity contribution in [1.82, 2.24) is 20.1 Å². The Morgan fingerprint density at radius 2 is 1.94 bits per heavy atom. The molecule has 3 heterocycles. The van der Waals surface area contributed by atoms with Crippen LogP contribution in [0.25, 0.3) is 32.2 Å². The number of nitrogens with two attached hydrogens (primary N) is 1. The summed E-state index contributed by atoms with van der Waals surface area (Å²) in [5.41, 5.74) is 0.0285. The first-order chi connectivity index (χ1) is 22.2. The second-order valence-electron chi connectivity index (χ2n) is 10.2. The molecule has 0 saturated carbocycles. The molecule has 47 heavy (non-hydrogen) atoms. The summed E-state index contributed by atoms with van der Waals surface area (Å²) in [4.78, 5) is 29.3. The van der Waals surface area contributed by atoms with Crippen LogP contribution in [0.5, 0.6) is 11.5 Å². The van der Waals surface area contributed by atoms with Crippen molar-refractivity contribution in [2.24, 2.45) is 5.73 Å². The van der Waals surface area contributed by atoms with Gasteiger partial charge in [-0.05, 0) is 31.2 Å². The van der Waals surface area contributed by atoms with Gasteiger partial charge in [0, 0.05) is 39.0 Å². The number of aliphatic hydroxyl groups is 1. The molecule has 0 aliphatic rings. The van der Waals surface area contributed by atoms with E-state index in [4.69, 9.17) is 15.2 Å². The largest absolute Gasteiger partial charge is 0.494 e. The summed E-state index contributed by atoms with van der Waals surface area (Å²) in [5, 5.41) is 18.8. The van der Waals surface area contributed by atoms with Crippen LogP contribution in [0.3, 0.4) is 0 Å². The number of amides is 2. The van der Waals surface area contributed by atoms with Crippen LogP contribution >= 0.6 is 11.3 Å². The Bertz CT molecular complexity index is 2000. The summed E-state index contributed by atoms with van der Waals surface area (Å²) in [7, 11) is 1.18. The Morgan fingerprint density at radius 3 is 2.57 bits per heavy atom. The van der Waals surface area contributed by atoms with Gasteiger partial charge in [0.2, 0.25) is 11.5 Å². The summed E-state index contributed by atoms with van der Waals surface area (Å²) in [5.74, 6) is -2.85. The zero-order valence-electron chi connectivity index (χ0n) is 24.5. The van der Waals surface area contributed by atoms with Gasteiger partial charge in [-0.15, -0.1) is 11.3 Å². The minimum absolute atomic E-state index is 0.000160. The molecular formula is C30H25F6N5O5S. The van der Waals surface area contributed by atoms with Crippen LogP contribution < -0.4 is 20.5 Å². The van der Waals surface area contributed by atoms with Crippen LogP contribution in [0.15, 0.2) is 48.0 Å². The Hall–Kier alpha value is -4.90. The van der Waals surface area contributed by atoms with Crippen molar-refractivity contribution in [3.05, 3.63) is 70.6 Å². The number of fused-ring (bicyclic) bond motifs is 2. The van der Waals surface area contributed by atoms with Crippen LogP contribution in [0.2, 0.25) is 0 Å². The maximum atomic E-state index is 14.8. The number of benzene rings is 2. The van der Waals surface area contributed by atoms with Crippen molar-refractivity contribution in [3.63, 3.8) is 0 Å². The maximum absolute atomic E-state index is 14.8. The van der Waals surface area contributed by atoms with Crippen LogP contribution in [0.1, 0.15) is 35.1 Å². The van der Waals surface area contributed by atoms with Crippen molar-refractivity contribution in [2.75, 3.05) is 20.3 Å². The van der Waals surface area contributed by atoms with Crippen LogP contribution in [0, 0.1) is 5.82 Å². The monoisotopic (exact) mass is 681 g/mol. The molecular weight excluding hydrogens is 656 g/mol. The average Bonchev–Trinajstić information content (AvgIpc) is 3.65. The molecule has 0 unspecified atom stereocenters. The molecule has 0 spiro atoms. The van der Waals surface area contributed by atoms with Gasteiger partial charge in [-0.2, -0.15) is 27.1 Å². The number of alkyl halides is 5. The highest BCUT2D eigenvalue weighted by molar-refractivity contribution is 7.17. The Kier molecular flexibility index (Phi) is 9.05. The molecule has 10 nitrogen and oxygen atoms in total. The van der Waals surface area contributed by atoms with Crippen LogP contribution in [0.4, 0.5) is 26.3 Å². The highest BCUT2D eigenvalue weighted by Gasteiger charge is 2.57. The number of carbonyl (C=O) groups is 2. The highest BCUT2D eigenvalue weighted by atomic mass is 32.1. The number of nitrogens with one attached hydrogen (secondary N) is 1. The molecule has 17 heteroatoms. The maximum Gasteiger partial charge on any atom is 0.424 e. The second kappa shape index (κ2) is 12.7. The molecule has 0 bridgehead atoms. The third-order valence-corrected chi connectivity index (χ3v) is 8.19. The molecule has 248 valence electrons. The fraction of sp³-hybridized carbons (Fsp3) is 0.267. The fourth-order valence-corrected chi connectivity index (χ4v) is 5.92. The van der Waals surface area contributed by atoms with Crippen molar-refractivity contribution < 1.29 is 50.5 Å². The number of hydrogen-bond acceptors (Lipinski definition) is 8. The SMILES string of the molecule is CCOc1c(CC(N)=O)cc([C@@](O)(CNC(=O)c2cc(OC)c3nn(C(F)F)cc3c2)C(F)(F)F)nc1-c1csc2c(F)cccc12. The molecule has 0 radical (unpaired) electrons. The minimum Gasteiger partial charge on any atom is -0.494 e. The molecule has 0 aliphatic heterocycles. The normalized spacial score (nSPS) is 13.2. The lowest BCUT2D eigenvalue weighted by Gasteiger charge is -2.31. The topological polar surface area (TPSA) is 142 Å². The van der Waals surface area contributed by atoms with E-state index in [1.807, 2.05) is 5.32 Å². The third-order valence-electron chi connectivity index (χ3n) is 7.18. The van der Waals surface area contributed by atoms with E-state index in [0.29, 0.717) is 4.68 Å². The number of aromatic nitrogens is 3. The third kappa shape index (κ3) is 6.27. The van der Waals surface area contributed by atoms with Gasteiger partial charge in [-0.3, -0.25) is 9.59 Å². The Labute approximate surface area is 265 Å². The van der Waals surface area contributed by atoms with E-state index in [-0.39, 0.29) is 61.5 Å². The first-order valence-corrected chi connectivity index (χ1v) is 14.6. The van der Waals surface area contributed by atoms with Gasteiger partial charge >= 0.3 is 12.7 Å². The number of pyridine rings is 1. The molecule has 1 atom stereocenters. The van der Waals surface area contributed by atoms with Crippen LogP contribution in [-0.2, 0) is 16.8 Å². The molecule has 0 fully saturated rings. The van der Waals surface area contributed by atoms with E-state index in [1.54, 1.807) is 6.92 Å². The first-order valence-electron chi connectivity index (χ1n) is 13.7. The molecule has 0 saturated heterocycles. The summed E-state index contributed by atoms with van der Waals surface area (Å²) >= 11 is 0.958. The van der Waals surface area contributed by atoms with E-state index in [9.17, 15) is 41.0 Å². The molecule has 2 amide bonds. The number of carbonyl (C=O) groups excluding carboxylic acids is 2. The van der Waals surface area contributed by atoms with Gasteiger partial charge < -0.3 is 25.6 Å². The second-order valence-corrected chi connectivity index (χ2v) is 11.1. The molecule has 2 aromatic carbocycles. The summed E-state index contributed by atoms with van der Waals surface area (Å²) in [6.07, 6.45) is -5.14. The Balaban J connectivity index is 1.61. The summed E-state index contributed by atoms with van der Waals surface area (Å²) < 4.78 is 96.5. The molecule has 5 aromatic rings. The molecule has 4 N–H and O–H groups in total. The standard InChI is InChI=1S/C30H25F6N5O5S/c1-3-46-25-14(10-22(37)42)9-21(39-24(25)18-12-47-26-17(18)5-4-6-19(26)31)29(44,30(34,35)36)13-38-27(43)15-7-16-11-41(28(32)33)40-23(16)20(8-15)45-2/h4-9,11-12,28,44H,3,10,13H2,1-2H3,(H2,37,42)(H,38,43)/t29-/m0/s1. The van der Waals surface area contributed by atoms with Crippen molar-refractivity contribution in [2.45, 2.75) is 31.7 Å². The number of halogens is 6. The zero-order valence-corrected chi connectivity index (χ0v) is 25.3. The van der Waals surface area contributed by atoms with Crippen LogP contribution in [-0.4, -0.2) is 58.1 Å². The van der Waals surface area contributed by atoms with Gasteiger partial charge in [0.1, 0.15) is 28.5 Å². The fourth-order valence-electron chi connectivity index (χ4n) is 4.97. The average molecular weight is 682 g/mol. The number of hydrogen-bond donors (Lipinski definition) is 3. The van der Waals surface area contributed by atoms with E-state index in [2.05, 4.69) is 10.1 Å². The lowest BCUT2D eigenvalue weighted by atomic mass is 9.93. The zero-order chi connectivity index (χ0) is 34.3. The molecule has 3 aromatic heterocycles. The van der Waals surface area contributed by atoms with Crippen molar-refractivity contribution >= 4 is 44.1 Å². The van der Waals surface area contributed by atoms with E-state index in [0.717, 1.165) is 35.7 Å². The number of primary amides is 1. The quantitative estimate of drug-likeness (QED) is 0.157. The first kappa shape index (κ1) is 33.5. The van der Waals surface area contributed by atoms with E-state index >= 15 is 0 Å². The van der Waals surface area contributed by atoms with E-state index in [1.165, 1.54) is 30.7 Å². The lowest BCUT2D eigenvalue weighted by molar-refractivity contribution is -0.265. The number of rotatable bonds is 11. The van der Waals surface area contributed by atoms with E-state index < -0.39 is 54.6 Å². The van der Waals surface area contributed by atoms with Gasteiger partial charge in [-0.1, -0.05) is 12.1 Å². The van der Waals surface area contributed by atoms with Gasteiger partial charge in [0.25, 0.3) is 5.91 Å². The smallest absolute Gasteiger partial charge is 0.424 e. The number of methoxy groups -OCH3 is 1. The minimum atomic E-state index is -5.45. The van der Waals surface area contributed by atoms with Gasteiger partial charge in [-0.25, -0.2) is 14.1 Å². The predicted molar refractivity (Wildman–Crippen MR) is 159 cm³/mol. The number of ether oxygens (including phenoxy) is 2. The number of nitrogens with zero attached hydrogens (tertiary/aromatic N) is 3. The summed E-state index contributed by atoms with van der Waals surface area (Å²) in [6, 6.07) is 7.14. The molecule has 5 rings (SSSR count). The lowest BCUT2D eigenvalue weighted by Crippen LogP contribution is -2.51. The van der Waals surface area contributed by atoms with Crippen molar-refractivity contribution in [3.8, 4) is 22.8 Å². The van der Waals surface area contributed by atoms with Gasteiger partial charge in [0.15, 0.2) is 0 Å². The highest BCUT2D eigenvalue weighted by Crippen LogP contribution is 2.44. The van der Waals surface area contributed by atoms with Gasteiger partial charge in [0.05, 0.1) is 37.1 Å². The van der Waals surface area contributed by atoms with Crippen molar-refractivity contribution in [1.29, 1.82) is 0 Å². The molecule has 0 aliphatic carbocycles. The Morgan fingerprint density at radius 1 is 1.19 bits per heavy atom. The predicted octanol–water partition coefficient (Wildman–Crippen LogP) is 5.46. The summed E-state index contributed by atoms with van der Waals surface area (Å²) in [6.45, 7) is -2.90. The number of thiophene rings is 1.